The summed E-state index contributed by atoms with van der Waals surface area (Å²) in [4.78, 5) is 23.7. The van der Waals surface area contributed by atoms with Crippen molar-refractivity contribution in [3.8, 4) is 11.5 Å². The third-order valence-corrected chi connectivity index (χ3v) is 3.46. The molecule has 0 radical (unpaired) electrons. The first kappa shape index (κ1) is 17.8. The Morgan fingerprint density at radius 3 is 2.54 bits per heavy atom. The Morgan fingerprint density at radius 2 is 1.88 bits per heavy atom. The van der Waals surface area contributed by atoms with Gasteiger partial charge in [-0.05, 0) is 49.4 Å². The summed E-state index contributed by atoms with van der Waals surface area (Å²) in [5.74, 6) is -0.778. The number of hydrogen-bond acceptors (Lipinski definition) is 5. The number of ether oxygens (including phenoxy) is 2. The van der Waals surface area contributed by atoms with Crippen molar-refractivity contribution in [1.29, 1.82) is 0 Å². The van der Waals surface area contributed by atoms with Crippen LogP contribution in [0, 0.1) is 0 Å². The van der Waals surface area contributed by atoms with Gasteiger partial charge in [-0.25, -0.2) is 4.79 Å². The first-order valence-corrected chi connectivity index (χ1v) is 7.97. The minimum atomic E-state index is -0.782. The van der Waals surface area contributed by atoms with Crippen molar-refractivity contribution in [2.45, 2.75) is 6.92 Å². The van der Waals surface area contributed by atoms with Gasteiger partial charge in [-0.1, -0.05) is 15.9 Å². The van der Waals surface area contributed by atoms with Crippen molar-refractivity contribution in [2.24, 2.45) is 0 Å². The second-order valence-corrected chi connectivity index (χ2v) is 5.66. The van der Waals surface area contributed by atoms with Gasteiger partial charge in [0, 0.05) is 10.2 Å². The normalized spacial score (nSPS) is 10.1. The molecular weight excluding hydrogens is 378 g/mol. The lowest BCUT2D eigenvalue weighted by atomic mass is 10.2. The average molecular weight is 394 g/mol. The number of carbonyl (C=O) groups excluding carboxylic acids is 2. The Bertz CT molecular complexity index is 730. The Balaban J connectivity index is 1.88. The van der Waals surface area contributed by atoms with Gasteiger partial charge in [0.1, 0.15) is 17.1 Å². The van der Waals surface area contributed by atoms with Gasteiger partial charge in [0.05, 0.1) is 6.61 Å². The summed E-state index contributed by atoms with van der Waals surface area (Å²) in [6, 6.07) is 11.2. The van der Waals surface area contributed by atoms with Crippen LogP contribution in [-0.2, 0) is 9.53 Å². The third kappa shape index (κ3) is 4.99. The molecule has 2 N–H and O–H groups in total. The molecule has 0 unspecified atom stereocenters. The van der Waals surface area contributed by atoms with E-state index in [1.165, 1.54) is 12.1 Å². The van der Waals surface area contributed by atoms with Gasteiger partial charge < -0.3 is 19.9 Å². The van der Waals surface area contributed by atoms with Crippen molar-refractivity contribution in [1.82, 2.24) is 0 Å². The van der Waals surface area contributed by atoms with Crippen LogP contribution in [0.5, 0.6) is 11.5 Å². The molecule has 2 aromatic rings. The fraction of sp³-hybridized carbons (Fsp3) is 0.176. The molecule has 126 valence electrons. The number of phenolic OH excluding ortho intramolecular Hbond substituents is 1. The van der Waals surface area contributed by atoms with E-state index in [4.69, 9.17) is 9.47 Å². The fourth-order valence-electron chi connectivity index (χ4n) is 1.88. The van der Waals surface area contributed by atoms with E-state index in [9.17, 15) is 14.7 Å². The highest BCUT2D eigenvalue weighted by molar-refractivity contribution is 9.10. The van der Waals surface area contributed by atoms with Gasteiger partial charge in [0.25, 0.3) is 5.91 Å². The molecule has 2 rings (SSSR count). The van der Waals surface area contributed by atoms with E-state index in [-0.39, 0.29) is 11.3 Å². The number of phenols is 1. The molecule has 7 heteroatoms. The molecule has 0 atom stereocenters. The van der Waals surface area contributed by atoms with E-state index in [0.717, 1.165) is 0 Å². The quantitative estimate of drug-likeness (QED) is 0.735. The van der Waals surface area contributed by atoms with E-state index in [1.54, 1.807) is 30.3 Å². The van der Waals surface area contributed by atoms with Crippen LogP contribution in [0.3, 0.4) is 0 Å². The molecular formula is C17H16BrNO5. The summed E-state index contributed by atoms with van der Waals surface area (Å²) in [5.41, 5.74) is 0.544. The Morgan fingerprint density at radius 1 is 1.17 bits per heavy atom. The lowest BCUT2D eigenvalue weighted by molar-refractivity contribution is -0.119. The number of esters is 1. The number of amides is 1. The van der Waals surface area contributed by atoms with Crippen molar-refractivity contribution in [2.75, 3.05) is 18.5 Å². The summed E-state index contributed by atoms with van der Waals surface area (Å²) >= 11 is 3.20. The molecule has 0 heterocycles. The predicted octanol–water partition coefficient (Wildman–Crippen LogP) is 3.35. The average Bonchev–Trinajstić information content (AvgIpc) is 2.57. The first-order valence-electron chi connectivity index (χ1n) is 7.18. The van der Waals surface area contributed by atoms with Crippen LogP contribution in [-0.4, -0.2) is 30.2 Å². The summed E-state index contributed by atoms with van der Waals surface area (Å²) in [5, 5.41) is 12.2. The van der Waals surface area contributed by atoms with Crippen molar-refractivity contribution >= 4 is 33.5 Å². The molecule has 0 spiro atoms. The number of aromatic hydroxyl groups is 1. The number of nitrogens with one attached hydrogen (secondary N) is 1. The molecule has 0 bridgehead atoms. The fourth-order valence-corrected chi connectivity index (χ4v) is 2.24. The molecule has 2 aromatic carbocycles. The largest absolute Gasteiger partial charge is 0.507 e. The SMILES string of the molecule is CCOc1ccc(NC(=O)COC(=O)c2cc(Br)ccc2O)cc1. The second kappa shape index (κ2) is 8.35. The van der Waals surface area contributed by atoms with Crippen LogP contribution in [0.4, 0.5) is 5.69 Å². The maximum absolute atomic E-state index is 11.9. The lowest BCUT2D eigenvalue weighted by Gasteiger charge is -2.08. The van der Waals surface area contributed by atoms with Crippen LogP contribution in [0.15, 0.2) is 46.9 Å². The molecule has 0 aromatic heterocycles. The molecule has 0 saturated heterocycles. The highest BCUT2D eigenvalue weighted by Crippen LogP contribution is 2.22. The van der Waals surface area contributed by atoms with Crippen molar-refractivity contribution in [3.05, 3.63) is 52.5 Å². The van der Waals surface area contributed by atoms with E-state index in [0.29, 0.717) is 22.5 Å². The Kier molecular flexibility index (Phi) is 6.20. The van der Waals surface area contributed by atoms with Crippen LogP contribution in [0.2, 0.25) is 0 Å². The standard InChI is InChI=1S/C17H16BrNO5/c1-2-23-13-6-4-12(5-7-13)19-16(21)10-24-17(22)14-9-11(18)3-8-15(14)20/h3-9,20H,2,10H2,1H3,(H,19,21). The summed E-state index contributed by atoms with van der Waals surface area (Å²) in [7, 11) is 0. The van der Waals surface area contributed by atoms with Gasteiger partial charge in [-0.2, -0.15) is 0 Å². The van der Waals surface area contributed by atoms with Crippen LogP contribution in [0.1, 0.15) is 17.3 Å². The minimum Gasteiger partial charge on any atom is -0.507 e. The van der Waals surface area contributed by atoms with Gasteiger partial charge in [0.15, 0.2) is 6.61 Å². The van der Waals surface area contributed by atoms with Gasteiger partial charge in [-0.15, -0.1) is 0 Å². The Labute approximate surface area is 147 Å². The first-order chi connectivity index (χ1) is 11.5. The van der Waals surface area contributed by atoms with Gasteiger partial charge >= 0.3 is 5.97 Å². The zero-order valence-electron chi connectivity index (χ0n) is 12.9. The highest BCUT2D eigenvalue weighted by atomic mass is 79.9. The number of carbonyl (C=O) groups is 2. The number of halogens is 1. The van der Waals surface area contributed by atoms with E-state index in [1.807, 2.05) is 6.92 Å². The van der Waals surface area contributed by atoms with E-state index < -0.39 is 18.5 Å². The number of benzene rings is 2. The molecule has 6 nitrogen and oxygen atoms in total. The zero-order chi connectivity index (χ0) is 17.5. The monoisotopic (exact) mass is 393 g/mol. The minimum absolute atomic E-state index is 0.0155. The molecule has 0 aliphatic heterocycles. The van der Waals surface area contributed by atoms with Crippen LogP contribution in [0.25, 0.3) is 0 Å². The van der Waals surface area contributed by atoms with Gasteiger partial charge in [0.2, 0.25) is 0 Å². The number of rotatable bonds is 6. The molecule has 24 heavy (non-hydrogen) atoms. The molecule has 0 fully saturated rings. The predicted molar refractivity (Wildman–Crippen MR) is 92.3 cm³/mol. The van der Waals surface area contributed by atoms with Crippen LogP contribution >= 0.6 is 15.9 Å². The maximum atomic E-state index is 11.9. The third-order valence-electron chi connectivity index (χ3n) is 2.96. The summed E-state index contributed by atoms with van der Waals surface area (Å²) in [6.07, 6.45) is 0. The zero-order valence-corrected chi connectivity index (χ0v) is 14.5. The second-order valence-electron chi connectivity index (χ2n) is 4.74. The topological polar surface area (TPSA) is 84.9 Å². The maximum Gasteiger partial charge on any atom is 0.342 e. The lowest BCUT2D eigenvalue weighted by Crippen LogP contribution is -2.21. The number of hydrogen-bond donors (Lipinski definition) is 2. The van der Waals surface area contributed by atoms with E-state index >= 15 is 0 Å². The molecule has 1 amide bonds. The smallest absolute Gasteiger partial charge is 0.342 e. The Hall–Kier alpha value is -2.54. The van der Waals surface area contributed by atoms with Crippen LogP contribution < -0.4 is 10.1 Å². The number of anilines is 1. The highest BCUT2D eigenvalue weighted by Gasteiger charge is 2.15. The van der Waals surface area contributed by atoms with E-state index in [2.05, 4.69) is 21.2 Å². The summed E-state index contributed by atoms with van der Waals surface area (Å²) < 4.78 is 10.8. The molecule has 0 aliphatic rings. The van der Waals surface area contributed by atoms with Crippen molar-refractivity contribution < 1.29 is 24.2 Å². The molecule has 0 aliphatic carbocycles. The van der Waals surface area contributed by atoms with Crippen molar-refractivity contribution in [3.63, 3.8) is 0 Å². The molecule has 0 saturated carbocycles. The van der Waals surface area contributed by atoms with Gasteiger partial charge in [-0.3, -0.25) is 4.79 Å². The summed E-state index contributed by atoms with van der Waals surface area (Å²) in [6.45, 7) is 1.98.